The first-order chi connectivity index (χ1) is 12.1. The predicted molar refractivity (Wildman–Crippen MR) is 82.2 cm³/mol. The van der Waals surface area contributed by atoms with E-state index in [1.54, 1.807) is 6.92 Å². The lowest BCUT2D eigenvalue weighted by Gasteiger charge is -2.24. The lowest BCUT2D eigenvalue weighted by atomic mass is 10.1. The van der Waals surface area contributed by atoms with Gasteiger partial charge in [0.25, 0.3) is 33.7 Å². The zero-order valence-corrected chi connectivity index (χ0v) is 14.5. The van der Waals surface area contributed by atoms with E-state index >= 15 is 0 Å². The molecule has 4 amide bonds. The molecule has 0 saturated carbocycles. The summed E-state index contributed by atoms with van der Waals surface area (Å²) in [7, 11) is -4.80. The quantitative estimate of drug-likeness (QED) is 0.424. The van der Waals surface area contributed by atoms with Gasteiger partial charge in [0.1, 0.15) is 0 Å². The van der Waals surface area contributed by atoms with Gasteiger partial charge in [-0.05, 0) is 12.8 Å². The second-order valence-electron chi connectivity index (χ2n) is 5.68. The Hall–Kier alpha value is -2.60. The van der Waals surface area contributed by atoms with Gasteiger partial charge in [0.05, 0.1) is 6.42 Å². The summed E-state index contributed by atoms with van der Waals surface area (Å²) in [5.41, 5.74) is 0. The maximum atomic E-state index is 11.9. The lowest BCUT2D eigenvalue weighted by Crippen LogP contribution is -2.40. The Morgan fingerprint density at radius 2 is 1.85 bits per heavy atom. The minimum absolute atomic E-state index is 0.00936. The maximum absolute atomic E-state index is 11.9. The summed E-state index contributed by atoms with van der Waals surface area (Å²) in [6.07, 6.45) is 1.47. The Balaban J connectivity index is 1.94. The number of imide groups is 2. The van der Waals surface area contributed by atoms with Crippen molar-refractivity contribution in [3.8, 4) is 0 Å². The summed E-state index contributed by atoms with van der Waals surface area (Å²) >= 11 is 0. The Labute approximate surface area is 148 Å². The fourth-order valence-electron chi connectivity index (χ4n) is 2.63. The Morgan fingerprint density at radius 1 is 1.27 bits per heavy atom. The normalized spacial score (nSPS) is 21.7. The smallest absolute Gasteiger partial charge is 0.330 e. The van der Waals surface area contributed by atoms with Crippen LogP contribution in [0.1, 0.15) is 32.6 Å². The molecule has 11 nitrogen and oxygen atoms in total. The molecule has 1 fully saturated rings. The number of rotatable bonds is 7. The predicted octanol–water partition coefficient (Wildman–Crippen LogP) is -1.06. The highest BCUT2D eigenvalue weighted by Gasteiger charge is 2.48. The summed E-state index contributed by atoms with van der Waals surface area (Å²) in [5, 5.41) is -1.99. The van der Waals surface area contributed by atoms with Gasteiger partial charge in [0.15, 0.2) is 5.25 Å². The van der Waals surface area contributed by atoms with Gasteiger partial charge in [-0.15, -0.1) is 5.06 Å². The molecule has 12 heteroatoms. The Bertz CT molecular complexity index is 783. The van der Waals surface area contributed by atoms with E-state index in [2.05, 4.69) is 4.84 Å². The molecule has 2 aliphatic heterocycles. The zero-order chi connectivity index (χ0) is 19.6. The third-order valence-electron chi connectivity index (χ3n) is 3.98. The highest BCUT2D eigenvalue weighted by Crippen LogP contribution is 2.21. The van der Waals surface area contributed by atoms with Gasteiger partial charge in [-0.2, -0.15) is 8.42 Å². The van der Waals surface area contributed by atoms with Crippen LogP contribution >= 0.6 is 0 Å². The number of carbonyl (C=O) groups is 5. The van der Waals surface area contributed by atoms with Gasteiger partial charge in [-0.1, -0.05) is 6.92 Å². The lowest BCUT2D eigenvalue weighted by molar-refractivity contribution is -0.197. The van der Waals surface area contributed by atoms with Crippen LogP contribution in [0.5, 0.6) is 0 Å². The van der Waals surface area contributed by atoms with Gasteiger partial charge in [0, 0.05) is 24.6 Å². The molecule has 2 aliphatic rings. The van der Waals surface area contributed by atoms with E-state index in [1.165, 1.54) is 0 Å². The topological polar surface area (TPSA) is 155 Å². The second-order valence-corrected chi connectivity index (χ2v) is 7.28. The molecule has 0 radical (unpaired) electrons. The molecule has 0 aliphatic carbocycles. The number of carbonyl (C=O) groups excluding carboxylic acids is 5. The van der Waals surface area contributed by atoms with E-state index < -0.39 is 57.4 Å². The van der Waals surface area contributed by atoms with Crippen molar-refractivity contribution in [1.82, 2.24) is 9.96 Å². The molecule has 2 unspecified atom stereocenters. The minimum Gasteiger partial charge on any atom is -0.330 e. The van der Waals surface area contributed by atoms with Crippen molar-refractivity contribution in [1.29, 1.82) is 0 Å². The third kappa shape index (κ3) is 3.96. The van der Waals surface area contributed by atoms with Crippen LogP contribution in [0, 0.1) is 0 Å². The summed E-state index contributed by atoms with van der Waals surface area (Å²) in [5.74, 6) is -4.46. The molecule has 0 spiro atoms. The first-order valence-corrected chi connectivity index (χ1v) is 9.15. The number of hydrogen-bond donors (Lipinski definition) is 1. The van der Waals surface area contributed by atoms with Crippen molar-refractivity contribution in [2.24, 2.45) is 0 Å². The number of nitrogens with zero attached hydrogens (tertiary/aromatic N) is 2. The average Bonchev–Trinajstić information content (AvgIpc) is 3.02. The summed E-state index contributed by atoms with van der Waals surface area (Å²) in [6, 6.07) is -0.576. The van der Waals surface area contributed by atoms with Crippen LogP contribution in [0.2, 0.25) is 0 Å². The SMILES string of the molecule is CCC(CCC(=O)ON1C(=O)CC(S(=O)(=O)O)C1=O)N1C(=O)C=CC1=O. The fraction of sp³-hybridized carbons (Fsp3) is 0.500. The molecule has 2 rings (SSSR count). The van der Waals surface area contributed by atoms with Crippen LogP contribution in [0.15, 0.2) is 12.2 Å². The molecule has 142 valence electrons. The van der Waals surface area contributed by atoms with E-state index in [9.17, 15) is 32.4 Å². The van der Waals surface area contributed by atoms with E-state index in [-0.39, 0.29) is 17.9 Å². The molecule has 0 bridgehead atoms. The van der Waals surface area contributed by atoms with E-state index in [0.29, 0.717) is 6.42 Å². The van der Waals surface area contributed by atoms with Gasteiger partial charge in [-0.3, -0.25) is 28.6 Å². The minimum atomic E-state index is -4.80. The fourth-order valence-corrected chi connectivity index (χ4v) is 3.33. The van der Waals surface area contributed by atoms with Crippen molar-refractivity contribution in [2.75, 3.05) is 0 Å². The molecular weight excluding hydrogens is 372 g/mol. The van der Waals surface area contributed by atoms with Crippen molar-refractivity contribution in [3.63, 3.8) is 0 Å². The highest BCUT2D eigenvalue weighted by molar-refractivity contribution is 7.87. The van der Waals surface area contributed by atoms with E-state index in [1.807, 2.05) is 0 Å². The highest BCUT2D eigenvalue weighted by atomic mass is 32.2. The summed E-state index contributed by atoms with van der Waals surface area (Å²) in [6.45, 7) is 1.71. The molecule has 0 aromatic carbocycles. The molecule has 0 aromatic heterocycles. The van der Waals surface area contributed by atoms with Crippen molar-refractivity contribution in [2.45, 2.75) is 43.9 Å². The van der Waals surface area contributed by atoms with Crippen LogP contribution in [-0.2, 0) is 38.9 Å². The van der Waals surface area contributed by atoms with Crippen LogP contribution in [0.4, 0.5) is 0 Å². The van der Waals surface area contributed by atoms with E-state index in [4.69, 9.17) is 4.55 Å². The summed E-state index contributed by atoms with van der Waals surface area (Å²) in [4.78, 5) is 64.1. The average molecular weight is 388 g/mol. The maximum Gasteiger partial charge on any atom is 0.333 e. The zero-order valence-electron chi connectivity index (χ0n) is 13.7. The number of amides is 4. The van der Waals surface area contributed by atoms with Gasteiger partial charge < -0.3 is 4.84 Å². The van der Waals surface area contributed by atoms with Gasteiger partial charge in [0.2, 0.25) is 0 Å². The molecule has 2 heterocycles. The molecule has 26 heavy (non-hydrogen) atoms. The Morgan fingerprint density at radius 3 is 2.31 bits per heavy atom. The van der Waals surface area contributed by atoms with Crippen LogP contribution in [0.3, 0.4) is 0 Å². The number of hydroxylamine groups is 2. The first-order valence-electron chi connectivity index (χ1n) is 7.65. The first kappa shape index (κ1) is 19.7. The summed E-state index contributed by atoms with van der Waals surface area (Å²) < 4.78 is 30.9. The van der Waals surface area contributed by atoms with Crippen LogP contribution in [-0.4, -0.2) is 63.8 Å². The second kappa shape index (κ2) is 7.33. The molecule has 1 N–H and O–H groups in total. The van der Waals surface area contributed by atoms with E-state index in [0.717, 1.165) is 17.1 Å². The van der Waals surface area contributed by atoms with Crippen molar-refractivity contribution >= 4 is 39.7 Å². The molecule has 0 aromatic rings. The standard InChI is InChI=1S/C14H16N2O9S/c1-2-8(15-10(17)4-5-11(15)18)3-6-13(20)25-16-12(19)7-9(14(16)21)26(22,23)24/h4-5,8-9H,2-3,6-7H2,1H3,(H,22,23,24). The van der Waals surface area contributed by atoms with Gasteiger partial charge >= 0.3 is 5.97 Å². The largest absolute Gasteiger partial charge is 0.333 e. The van der Waals surface area contributed by atoms with Crippen molar-refractivity contribution in [3.05, 3.63) is 12.2 Å². The molecule has 1 saturated heterocycles. The number of hydrogen-bond acceptors (Lipinski definition) is 8. The van der Waals surface area contributed by atoms with Crippen molar-refractivity contribution < 1.29 is 41.8 Å². The third-order valence-corrected chi connectivity index (χ3v) is 5.06. The molecule has 2 atom stereocenters. The van der Waals surface area contributed by atoms with Crippen LogP contribution in [0.25, 0.3) is 0 Å². The molecular formula is C14H16N2O9S. The Kier molecular flexibility index (Phi) is 5.56. The monoisotopic (exact) mass is 388 g/mol. The van der Waals surface area contributed by atoms with Crippen LogP contribution < -0.4 is 0 Å². The van der Waals surface area contributed by atoms with Gasteiger partial charge in [-0.25, -0.2) is 4.79 Å².